The number of likely N-dealkylation sites (N-methyl/N-ethyl adjacent to an activating group) is 1. The molecule has 0 radical (unpaired) electrons. The molecule has 0 N–H and O–H groups in total. The topological polar surface area (TPSA) is 81.1 Å². The first kappa shape index (κ1) is 26.9. The van der Waals surface area contributed by atoms with E-state index < -0.39 is 10.0 Å². The van der Waals surface area contributed by atoms with Crippen LogP contribution in [0.3, 0.4) is 0 Å². The van der Waals surface area contributed by atoms with Crippen molar-refractivity contribution < 1.29 is 22.7 Å². The van der Waals surface area contributed by atoms with Crippen molar-refractivity contribution in [1.82, 2.24) is 13.8 Å². The highest BCUT2D eigenvalue weighted by molar-refractivity contribution is 7.89. The van der Waals surface area contributed by atoms with Crippen LogP contribution in [0.5, 0.6) is 5.75 Å². The molecule has 0 aliphatic carbocycles. The average molecular weight is 526 g/mol. The number of aromatic nitrogens is 1. The van der Waals surface area contributed by atoms with Crippen LogP contribution in [0.15, 0.2) is 59.6 Å². The maximum atomic E-state index is 13.3. The number of benzene rings is 2. The molecule has 0 saturated carbocycles. The molecule has 0 spiro atoms. The maximum absolute atomic E-state index is 13.3. The summed E-state index contributed by atoms with van der Waals surface area (Å²) >= 11 is 0. The average Bonchev–Trinajstić information content (AvgIpc) is 3.34. The third-order valence-corrected chi connectivity index (χ3v) is 9.00. The summed E-state index contributed by atoms with van der Waals surface area (Å²) < 4.78 is 40.8. The standard InChI is InChI=1S/C28H35N3O5S/c1-20-17-21(2)28(22(3)18-20)37(33,34)29(4)15-16-36-19-26(32)31-14-13-30-12-6-7-25(30)27(31)23-8-10-24(35-5)11-9-23/h6-12,17-18,27H,13-16,19H2,1-5H3. The van der Waals surface area contributed by atoms with E-state index in [0.29, 0.717) is 18.0 Å². The van der Waals surface area contributed by atoms with Gasteiger partial charge in [0.05, 0.1) is 24.7 Å². The fraction of sp³-hybridized carbons (Fsp3) is 0.393. The van der Waals surface area contributed by atoms with Crippen molar-refractivity contribution in [2.75, 3.05) is 40.5 Å². The quantitative estimate of drug-likeness (QED) is 0.398. The maximum Gasteiger partial charge on any atom is 0.249 e. The Morgan fingerprint density at radius 1 is 1.05 bits per heavy atom. The molecular formula is C28H35N3O5S. The molecule has 1 amide bonds. The predicted molar refractivity (Wildman–Crippen MR) is 142 cm³/mol. The van der Waals surface area contributed by atoms with Crippen LogP contribution in [-0.4, -0.2) is 68.6 Å². The van der Waals surface area contributed by atoms with E-state index in [1.807, 2.05) is 80.4 Å². The minimum absolute atomic E-state index is 0.114. The Morgan fingerprint density at radius 3 is 2.38 bits per heavy atom. The Labute approximate surface area is 219 Å². The zero-order valence-corrected chi connectivity index (χ0v) is 22.9. The van der Waals surface area contributed by atoms with Gasteiger partial charge >= 0.3 is 0 Å². The van der Waals surface area contributed by atoms with Crippen LogP contribution in [0.4, 0.5) is 0 Å². The first-order valence-electron chi connectivity index (χ1n) is 12.3. The second-order valence-corrected chi connectivity index (χ2v) is 11.5. The lowest BCUT2D eigenvalue weighted by molar-refractivity contribution is -0.138. The van der Waals surface area contributed by atoms with Crippen LogP contribution in [0.25, 0.3) is 0 Å². The Kier molecular flexibility index (Phi) is 8.06. The normalized spacial score (nSPS) is 15.6. The molecule has 1 aliphatic rings. The lowest BCUT2D eigenvalue weighted by atomic mass is 9.99. The molecule has 1 aromatic heterocycles. The largest absolute Gasteiger partial charge is 0.497 e. The molecule has 1 atom stereocenters. The summed E-state index contributed by atoms with van der Waals surface area (Å²) in [6.07, 6.45) is 2.03. The van der Waals surface area contributed by atoms with E-state index in [1.54, 1.807) is 7.11 Å². The van der Waals surface area contributed by atoms with Gasteiger partial charge in [-0.1, -0.05) is 29.8 Å². The van der Waals surface area contributed by atoms with Crippen molar-refractivity contribution in [3.63, 3.8) is 0 Å². The van der Waals surface area contributed by atoms with Crippen molar-refractivity contribution in [3.8, 4) is 5.75 Å². The van der Waals surface area contributed by atoms with Gasteiger partial charge in [0.2, 0.25) is 15.9 Å². The first-order valence-corrected chi connectivity index (χ1v) is 13.8. The number of rotatable bonds is 9. The Hall–Kier alpha value is -3.14. The van der Waals surface area contributed by atoms with Gasteiger partial charge in [-0.15, -0.1) is 0 Å². The second kappa shape index (κ2) is 11.1. The lowest BCUT2D eigenvalue weighted by Crippen LogP contribution is -2.44. The number of hydrogen-bond acceptors (Lipinski definition) is 5. The summed E-state index contributed by atoms with van der Waals surface area (Å²) in [7, 11) is -0.507. The van der Waals surface area contributed by atoms with E-state index in [1.165, 1.54) is 11.4 Å². The Balaban J connectivity index is 1.40. The zero-order valence-electron chi connectivity index (χ0n) is 22.1. The van der Waals surface area contributed by atoms with E-state index in [9.17, 15) is 13.2 Å². The molecule has 8 nitrogen and oxygen atoms in total. The molecule has 9 heteroatoms. The van der Waals surface area contributed by atoms with Gasteiger partial charge in [0, 0.05) is 38.6 Å². The third-order valence-electron chi connectivity index (χ3n) is 6.84. The van der Waals surface area contributed by atoms with E-state index in [0.717, 1.165) is 33.7 Å². The fourth-order valence-electron chi connectivity index (χ4n) is 5.07. The Bertz CT molecular complexity index is 1340. The minimum Gasteiger partial charge on any atom is -0.497 e. The summed E-state index contributed by atoms with van der Waals surface area (Å²) in [6.45, 7) is 6.97. The molecule has 198 valence electrons. The number of sulfonamides is 1. The van der Waals surface area contributed by atoms with Gasteiger partial charge in [-0.2, -0.15) is 4.31 Å². The van der Waals surface area contributed by atoms with Gasteiger partial charge in [0.25, 0.3) is 0 Å². The molecular weight excluding hydrogens is 490 g/mol. The SMILES string of the molecule is COc1ccc(C2c3cccn3CCN2C(=O)COCCN(C)S(=O)(=O)c2c(C)cc(C)cc2C)cc1. The van der Waals surface area contributed by atoms with Crippen molar-refractivity contribution in [2.45, 2.75) is 38.3 Å². The van der Waals surface area contributed by atoms with E-state index in [-0.39, 0.29) is 31.7 Å². The molecule has 0 saturated heterocycles. The number of hydrogen-bond donors (Lipinski definition) is 0. The second-order valence-electron chi connectivity index (χ2n) is 9.50. The number of fused-ring (bicyclic) bond motifs is 1. The third kappa shape index (κ3) is 5.58. The van der Waals surface area contributed by atoms with Crippen molar-refractivity contribution in [3.05, 3.63) is 82.7 Å². The summed E-state index contributed by atoms with van der Waals surface area (Å²) in [5, 5.41) is 0. The molecule has 3 aromatic rings. The summed E-state index contributed by atoms with van der Waals surface area (Å²) in [5.74, 6) is 0.621. The molecule has 4 rings (SSSR count). The van der Waals surface area contributed by atoms with Crippen molar-refractivity contribution in [2.24, 2.45) is 0 Å². The van der Waals surface area contributed by atoms with Gasteiger partial charge in [0.15, 0.2) is 0 Å². The van der Waals surface area contributed by atoms with Crippen LogP contribution < -0.4 is 4.74 Å². The van der Waals surface area contributed by atoms with Crippen molar-refractivity contribution in [1.29, 1.82) is 0 Å². The van der Waals surface area contributed by atoms with Gasteiger partial charge < -0.3 is 18.9 Å². The Morgan fingerprint density at radius 2 is 1.73 bits per heavy atom. The molecule has 0 bridgehead atoms. The number of methoxy groups -OCH3 is 1. The number of nitrogens with zero attached hydrogens (tertiary/aromatic N) is 3. The number of amides is 1. The molecule has 1 unspecified atom stereocenters. The fourth-order valence-corrected chi connectivity index (χ4v) is 6.63. The molecule has 1 aliphatic heterocycles. The zero-order chi connectivity index (χ0) is 26.7. The minimum atomic E-state index is -3.67. The van der Waals surface area contributed by atoms with Gasteiger partial charge in [-0.25, -0.2) is 8.42 Å². The lowest BCUT2D eigenvalue weighted by Gasteiger charge is -2.37. The smallest absolute Gasteiger partial charge is 0.249 e. The highest BCUT2D eigenvalue weighted by Crippen LogP contribution is 2.33. The number of carbonyl (C=O) groups excluding carboxylic acids is 1. The molecule has 2 heterocycles. The van der Waals surface area contributed by atoms with Crippen molar-refractivity contribution >= 4 is 15.9 Å². The van der Waals surface area contributed by atoms with E-state index in [4.69, 9.17) is 9.47 Å². The van der Waals surface area contributed by atoms with E-state index in [2.05, 4.69) is 4.57 Å². The predicted octanol–water partition coefficient (Wildman–Crippen LogP) is 3.69. The highest BCUT2D eigenvalue weighted by Gasteiger charge is 2.32. The summed E-state index contributed by atoms with van der Waals surface area (Å²) in [6, 6.07) is 15.3. The van der Waals surface area contributed by atoms with Gasteiger partial charge in [0.1, 0.15) is 12.4 Å². The molecule has 37 heavy (non-hydrogen) atoms. The summed E-state index contributed by atoms with van der Waals surface area (Å²) in [5.41, 5.74) is 4.50. The number of aryl methyl sites for hydroxylation is 3. The van der Waals surface area contributed by atoms with Crippen LogP contribution in [0.2, 0.25) is 0 Å². The van der Waals surface area contributed by atoms with Crippen LogP contribution in [0, 0.1) is 20.8 Å². The monoisotopic (exact) mass is 525 g/mol. The number of ether oxygens (including phenoxy) is 2. The first-order chi connectivity index (χ1) is 17.6. The number of carbonyl (C=O) groups is 1. The van der Waals surface area contributed by atoms with Crippen LogP contribution >= 0.6 is 0 Å². The molecule has 0 fully saturated rings. The van der Waals surface area contributed by atoms with Crippen LogP contribution in [-0.2, 0) is 26.1 Å². The molecule has 2 aromatic carbocycles. The van der Waals surface area contributed by atoms with Gasteiger partial charge in [-0.3, -0.25) is 4.79 Å². The van der Waals surface area contributed by atoms with Crippen LogP contribution in [0.1, 0.15) is 34.0 Å². The van der Waals surface area contributed by atoms with Gasteiger partial charge in [-0.05, 0) is 61.7 Å². The highest BCUT2D eigenvalue weighted by atomic mass is 32.2. The van der Waals surface area contributed by atoms with E-state index >= 15 is 0 Å². The summed E-state index contributed by atoms with van der Waals surface area (Å²) in [4.78, 5) is 15.4.